The minimum Gasteiger partial charge on any atom is -0.339 e. The third-order valence-corrected chi connectivity index (χ3v) is 4.91. The Morgan fingerprint density at radius 2 is 1.69 bits per heavy atom. The molecular formula is C20H27N5O. The molecule has 1 N–H and O–H groups in total. The van der Waals surface area contributed by atoms with Gasteiger partial charge in [0.2, 0.25) is 0 Å². The molecule has 6 nitrogen and oxygen atoms in total. The molecule has 1 aliphatic heterocycles. The van der Waals surface area contributed by atoms with Crippen molar-refractivity contribution in [3.8, 4) is 0 Å². The predicted molar refractivity (Wildman–Crippen MR) is 104 cm³/mol. The van der Waals surface area contributed by atoms with E-state index in [0.29, 0.717) is 11.5 Å². The summed E-state index contributed by atoms with van der Waals surface area (Å²) in [6.45, 7) is 12.7. The summed E-state index contributed by atoms with van der Waals surface area (Å²) in [7, 11) is 0. The number of carbonyl (C=O) groups excluding carboxylic acids is 1. The van der Waals surface area contributed by atoms with E-state index < -0.39 is 0 Å². The van der Waals surface area contributed by atoms with Crippen molar-refractivity contribution in [2.45, 2.75) is 27.7 Å². The van der Waals surface area contributed by atoms with E-state index in [4.69, 9.17) is 0 Å². The predicted octanol–water partition coefficient (Wildman–Crippen LogP) is 2.92. The number of rotatable bonds is 4. The summed E-state index contributed by atoms with van der Waals surface area (Å²) in [5, 5.41) is 3.32. The topological polar surface area (TPSA) is 61.4 Å². The van der Waals surface area contributed by atoms with Gasteiger partial charge in [-0.25, -0.2) is 9.97 Å². The average Bonchev–Trinajstić information content (AvgIpc) is 2.64. The number of amides is 1. The number of anilines is 2. The SMILES string of the molecule is CCN1CCN(C(=O)c2cnc(Nc3c(C)cc(C)cc3C)cn2)CC1. The largest absolute Gasteiger partial charge is 0.339 e. The molecule has 0 bridgehead atoms. The number of carbonyl (C=O) groups is 1. The van der Waals surface area contributed by atoms with E-state index >= 15 is 0 Å². The maximum Gasteiger partial charge on any atom is 0.274 e. The smallest absolute Gasteiger partial charge is 0.274 e. The molecule has 0 radical (unpaired) electrons. The van der Waals surface area contributed by atoms with Crippen LogP contribution in [0.15, 0.2) is 24.5 Å². The summed E-state index contributed by atoms with van der Waals surface area (Å²) < 4.78 is 0. The number of hydrogen-bond donors (Lipinski definition) is 1. The van der Waals surface area contributed by atoms with Crippen LogP contribution in [0.2, 0.25) is 0 Å². The van der Waals surface area contributed by atoms with Crippen LogP contribution in [0.25, 0.3) is 0 Å². The second-order valence-electron chi connectivity index (χ2n) is 6.91. The molecule has 1 aliphatic rings. The van der Waals surface area contributed by atoms with Gasteiger partial charge in [0.15, 0.2) is 0 Å². The van der Waals surface area contributed by atoms with Gasteiger partial charge in [0.05, 0.1) is 12.4 Å². The van der Waals surface area contributed by atoms with Crippen LogP contribution in [-0.2, 0) is 0 Å². The van der Waals surface area contributed by atoms with E-state index in [-0.39, 0.29) is 5.91 Å². The molecule has 1 saturated heterocycles. The summed E-state index contributed by atoms with van der Waals surface area (Å²) in [6.07, 6.45) is 3.20. The maximum absolute atomic E-state index is 12.6. The van der Waals surface area contributed by atoms with Crippen LogP contribution >= 0.6 is 0 Å². The summed E-state index contributed by atoms with van der Waals surface area (Å²) in [4.78, 5) is 25.5. The Morgan fingerprint density at radius 1 is 1.04 bits per heavy atom. The minimum absolute atomic E-state index is 0.0394. The number of likely N-dealkylation sites (N-methyl/N-ethyl adjacent to an activating group) is 1. The highest BCUT2D eigenvalue weighted by molar-refractivity contribution is 5.92. The van der Waals surface area contributed by atoms with Gasteiger partial charge >= 0.3 is 0 Å². The molecule has 1 aromatic carbocycles. The monoisotopic (exact) mass is 353 g/mol. The van der Waals surface area contributed by atoms with E-state index in [1.54, 1.807) is 12.4 Å². The molecule has 3 rings (SSSR count). The maximum atomic E-state index is 12.6. The van der Waals surface area contributed by atoms with Gasteiger partial charge in [-0.1, -0.05) is 24.6 Å². The first-order chi connectivity index (χ1) is 12.5. The molecule has 2 heterocycles. The van der Waals surface area contributed by atoms with Crippen molar-refractivity contribution < 1.29 is 4.79 Å². The van der Waals surface area contributed by atoms with Gasteiger partial charge in [-0.3, -0.25) is 4.79 Å². The summed E-state index contributed by atoms with van der Waals surface area (Å²) in [5.41, 5.74) is 5.01. The lowest BCUT2D eigenvalue weighted by atomic mass is 10.1. The molecule has 1 aromatic heterocycles. The zero-order valence-corrected chi connectivity index (χ0v) is 16.0. The van der Waals surface area contributed by atoms with E-state index in [2.05, 4.69) is 60.0 Å². The first-order valence-corrected chi connectivity index (χ1v) is 9.16. The number of nitrogens with zero attached hydrogens (tertiary/aromatic N) is 4. The van der Waals surface area contributed by atoms with Crippen molar-refractivity contribution in [3.63, 3.8) is 0 Å². The summed E-state index contributed by atoms with van der Waals surface area (Å²) >= 11 is 0. The van der Waals surface area contributed by atoms with Crippen molar-refractivity contribution in [1.82, 2.24) is 19.8 Å². The molecule has 0 spiro atoms. The Balaban J connectivity index is 1.68. The van der Waals surface area contributed by atoms with Crippen LogP contribution < -0.4 is 5.32 Å². The second-order valence-corrected chi connectivity index (χ2v) is 6.91. The highest BCUT2D eigenvalue weighted by Gasteiger charge is 2.22. The van der Waals surface area contributed by atoms with Gasteiger partial charge in [-0.05, 0) is 38.4 Å². The normalized spacial score (nSPS) is 15.2. The number of aromatic nitrogens is 2. The van der Waals surface area contributed by atoms with Crippen LogP contribution in [-0.4, -0.2) is 58.4 Å². The van der Waals surface area contributed by atoms with E-state index in [1.807, 2.05) is 4.90 Å². The first kappa shape index (κ1) is 18.3. The lowest BCUT2D eigenvalue weighted by Gasteiger charge is -2.33. The molecule has 1 amide bonds. The third kappa shape index (κ3) is 4.02. The van der Waals surface area contributed by atoms with Gasteiger partial charge in [-0.15, -0.1) is 0 Å². The van der Waals surface area contributed by atoms with Crippen LogP contribution in [0.3, 0.4) is 0 Å². The molecular weight excluding hydrogens is 326 g/mol. The van der Waals surface area contributed by atoms with Gasteiger partial charge in [-0.2, -0.15) is 0 Å². The van der Waals surface area contributed by atoms with Crippen LogP contribution in [0.5, 0.6) is 0 Å². The molecule has 0 atom stereocenters. The second kappa shape index (κ2) is 7.83. The molecule has 0 saturated carbocycles. The number of nitrogens with one attached hydrogen (secondary N) is 1. The average molecular weight is 353 g/mol. The molecule has 0 unspecified atom stereocenters. The van der Waals surface area contributed by atoms with Crippen LogP contribution in [0.1, 0.15) is 34.1 Å². The molecule has 138 valence electrons. The van der Waals surface area contributed by atoms with Gasteiger partial charge < -0.3 is 15.1 Å². The van der Waals surface area contributed by atoms with Gasteiger partial charge in [0.25, 0.3) is 5.91 Å². The highest BCUT2D eigenvalue weighted by atomic mass is 16.2. The van der Waals surface area contributed by atoms with Crippen molar-refractivity contribution in [3.05, 3.63) is 46.9 Å². The van der Waals surface area contributed by atoms with E-state index in [9.17, 15) is 4.79 Å². The molecule has 0 aliphatic carbocycles. The fourth-order valence-electron chi connectivity index (χ4n) is 3.44. The lowest BCUT2D eigenvalue weighted by molar-refractivity contribution is 0.0637. The molecule has 26 heavy (non-hydrogen) atoms. The van der Waals surface area contributed by atoms with Crippen LogP contribution in [0, 0.1) is 20.8 Å². The first-order valence-electron chi connectivity index (χ1n) is 9.16. The number of benzene rings is 1. The Labute approximate surface area is 155 Å². The molecule has 1 fully saturated rings. The number of aryl methyl sites for hydroxylation is 3. The van der Waals surface area contributed by atoms with E-state index in [1.165, 1.54) is 16.7 Å². The van der Waals surface area contributed by atoms with E-state index in [0.717, 1.165) is 38.4 Å². The Kier molecular flexibility index (Phi) is 5.52. The summed E-state index contributed by atoms with van der Waals surface area (Å²) in [6, 6.07) is 4.27. The zero-order valence-electron chi connectivity index (χ0n) is 16.0. The van der Waals surface area contributed by atoms with Crippen molar-refractivity contribution >= 4 is 17.4 Å². The third-order valence-electron chi connectivity index (χ3n) is 4.91. The summed E-state index contributed by atoms with van der Waals surface area (Å²) in [5.74, 6) is 0.606. The fraction of sp³-hybridized carbons (Fsp3) is 0.450. The molecule has 6 heteroatoms. The standard InChI is InChI=1S/C20H27N5O/c1-5-24-6-8-25(9-7-24)20(26)17-12-22-18(13-21-17)23-19-15(3)10-14(2)11-16(19)4/h10-13H,5-9H2,1-4H3,(H,22,23). The minimum atomic E-state index is -0.0394. The van der Waals surface area contributed by atoms with Crippen molar-refractivity contribution in [2.75, 3.05) is 38.0 Å². The van der Waals surface area contributed by atoms with Crippen molar-refractivity contribution in [1.29, 1.82) is 0 Å². The zero-order chi connectivity index (χ0) is 18.7. The lowest BCUT2D eigenvalue weighted by Crippen LogP contribution is -2.48. The fourth-order valence-corrected chi connectivity index (χ4v) is 3.44. The number of piperazine rings is 1. The Bertz CT molecular complexity index is 756. The van der Waals surface area contributed by atoms with Crippen LogP contribution in [0.4, 0.5) is 11.5 Å². The molecule has 2 aromatic rings. The quantitative estimate of drug-likeness (QED) is 0.916. The Hall–Kier alpha value is -2.47. The number of hydrogen-bond acceptors (Lipinski definition) is 5. The van der Waals surface area contributed by atoms with Gasteiger partial charge in [0, 0.05) is 31.9 Å². The Morgan fingerprint density at radius 3 is 2.23 bits per heavy atom. The van der Waals surface area contributed by atoms with Crippen molar-refractivity contribution in [2.24, 2.45) is 0 Å². The van der Waals surface area contributed by atoms with Gasteiger partial charge in [0.1, 0.15) is 11.5 Å². The highest BCUT2D eigenvalue weighted by Crippen LogP contribution is 2.24.